The zero-order chi connectivity index (χ0) is 12.8. The smallest absolute Gasteiger partial charge is 0.0502 e. The first-order valence-electron chi connectivity index (χ1n) is 7.33. The maximum absolute atomic E-state index is 3.97. The third-order valence-corrected chi connectivity index (χ3v) is 4.88. The molecule has 4 rings (SSSR count). The van der Waals surface area contributed by atoms with Gasteiger partial charge in [0.1, 0.15) is 0 Å². The average molecular weight is 252 g/mol. The lowest BCUT2D eigenvalue weighted by Gasteiger charge is -2.41. The van der Waals surface area contributed by atoms with E-state index in [0.29, 0.717) is 12.0 Å². The van der Waals surface area contributed by atoms with Crippen LogP contribution < -0.4 is 0 Å². The summed E-state index contributed by atoms with van der Waals surface area (Å²) in [6, 6.07) is 9.34. The molecule has 1 aromatic carbocycles. The molecule has 19 heavy (non-hydrogen) atoms. The van der Waals surface area contributed by atoms with Crippen molar-refractivity contribution >= 4 is 10.9 Å². The summed E-state index contributed by atoms with van der Waals surface area (Å²) in [4.78, 5) is 6.33. The standard InChI is InChI=1S/C17H20N2/c1-2-12-7-8-16-17-14(9-10-19(16)11-12)13-5-3-4-6-15(13)18-17/h2-6,12,16,18H,1,7-11H2/t12-,16-/m1/s1. The summed E-state index contributed by atoms with van der Waals surface area (Å²) in [7, 11) is 0. The lowest BCUT2D eigenvalue weighted by atomic mass is 9.86. The van der Waals surface area contributed by atoms with E-state index >= 15 is 0 Å². The van der Waals surface area contributed by atoms with E-state index in [-0.39, 0.29) is 0 Å². The van der Waals surface area contributed by atoms with Gasteiger partial charge in [-0.3, -0.25) is 4.90 Å². The Labute approximate surface area is 114 Å². The van der Waals surface area contributed by atoms with E-state index in [2.05, 4.69) is 46.8 Å². The maximum Gasteiger partial charge on any atom is 0.0502 e. The van der Waals surface area contributed by atoms with Gasteiger partial charge in [0, 0.05) is 29.7 Å². The molecule has 0 radical (unpaired) electrons. The largest absolute Gasteiger partial charge is 0.357 e. The molecule has 1 aromatic heterocycles. The van der Waals surface area contributed by atoms with Crippen LogP contribution in [-0.2, 0) is 6.42 Å². The normalized spacial score (nSPS) is 26.9. The number of H-pyrrole nitrogens is 1. The summed E-state index contributed by atoms with van der Waals surface area (Å²) in [6.07, 6.45) is 5.85. The summed E-state index contributed by atoms with van der Waals surface area (Å²) < 4.78 is 0. The van der Waals surface area contributed by atoms with E-state index in [0.717, 1.165) is 0 Å². The van der Waals surface area contributed by atoms with Crippen LogP contribution in [0, 0.1) is 5.92 Å². The number of hydrogen-bond donors (Lipinski definition) is 1. The number of hydrogen-bond acceptors (Lipinski definition) is 1. The van der Waals surface area contributed by atoms with Crippen LogP contribution in [0.5, 0.6) is 0 Å². The van der Waals surface area contributed by atoms with Crippen molar-refractivity contribution in [2.24, 2.45) is 5.92 Å². The molecule has 2 nitrogen and oxygen atoms in total. The van der Waals surface area contributed by atoms with Gasteiger partial charge < -0.3 is 4.98 Å². The Balaban J connectivity index is 1.77. The van der Waals surface area contributed by atoms with E-state index in [4.69, 9.17) is 0 Å². The molecule has 2 aromatic rings. The molecule has 0 bridgehead atoms. The molecule has 2 aliphatic heterocycles. The number of rotatable bonds is 1. The van der Waals surface area contributed by atoms with Crippen molar-refractivity contribution in [3.63, 3.8) is 0 Å². The van der Waals surface area contributed by atoms with Crippen LogP contribution in [0.1, 0.15) is 30.1 Å². The Hall–Kier alpha value is -1.54. The lowest BCUT2D eigenvalue weighted by Crippen LogP contribution is -2.41. The van der Waals surface area contributed by atoms with Gasteiger partial charge in [0.05, 0.1) is 6.04 Å². The molecular formula is C17H20N2. The molecule has 0 saturated carbocycles. The number of nitrogens with zero attached hydrogens (tertiary/aromatic N) is 1. The Morgan fingerprint density at radius 1 is 1.26 bits per heavy atom. The number of fused-ring (bicyclic) bond motifs is 5. The number of aromatic amines is 1. The van der Waals surface area contributed by atoms with Gasteiger partial charge in [-0.25, -0.2) is 0 Å². The topological polar surface area (TPSA) is 19.0 Å². The fourth-order valence-corrected chi connectivity index (χ4v) is 3.87. The molecule has 1 fully saturated rings. The third kappa shape index (κ3) is 1.67. The van der Waals surface area contributed by atoms with Crippen LogP contribution in [0.3, 0.4) is 0 Å². The lowest BCUT2D eigenvalue weighted by molar-refractivity contribution is 0.112. The highest BCUT2D eigenvalue weighted by Crippen LogP contribution is 2.40. The summed E-state index contributed by atoms with van der Waals surface area (Å²) in [5.41, 5.74) is 4.35. The fraction of sp³-hybridized carbons (Fsp3) is 0.412. The number of piperidine rings is 1. The second-order valence-electron chi connectivity index (χ2n) is 5.90. The van der Waals surface area contributed by atoms with E-state index in [1.165, 1.54) is 48.9 Å². The Bertz CT molecular complexity index is 625. The number of para-hydroxylation sites is 1. The van der Waals surface area contributed by atoms with Gasteiger partial charge in [-0.05, 0) is 36.8 Å². The third-order valence-electron chi connectivity index (χ3n) is 4.88. The molecule has 0 spiro atoms. The average Bonchev–Trinajstić information content (AvgIpc) is 2.85. The van der Waals surface area contributed by atoms with Crippen molar-refractivity contribution in [1.82, 2.24) is 9.88 Å². The highest BCUT2D eigenvalue weighted by molar-refractivity contribution is 5.85. The predicted octanol–water partition coefficient (Wildman–Crippen LogP) is 3.66. The molecule has 1 saturated heterocycles. The van der Waals surface area contributed by atoms with Crippen molar-refractivity contribution < 1.29 is 0 Å². The van der Waals surface area contributed by atoms with E-state index < -0.39 is 0 Å². The minimum atomic E-state index is 0.604. The molecule has 3 heterocycles. The highest BCUT2D eigenvalue weighted by atomic mass is 15.2. The SMILES string of the molecule is C=C[C@@H]1CC[C@@H]2c3[nH]c4ccccc4c3CCN2C1. The van der Waals surface area contributed by atoms with Crippen LogP contribution in [-0.4, -0.2) is 23.0 Å². The number of aromatic nitrogens is 1. The quantitative estimate of drug-likeness (QED) is 0.767. The molecule has 2 atom stereocenters. The predicted molar refractivity (Wildman–Crippen MR) is 79.2 cm³/mol. The first-order valence-corrected chi connectivity index (χ1v) is 7.33. The molecule has 2 aliphatic rings. The van der Waals surface area contributed by atoms with Crippen LogP contribution in [0.4, 0.5) is 0 Å². The zero-order valence-electron chi connectivity index (χ0n) is 11.2. The highest BCUT2D eigenvalue weighted by Gasteiger charge is 2.34. The van der Waals surface area contributed by atoms with Gasteiger partial charge in [0.25, 0.3) is 0 Å². The molecule has 0 aliphatic carbocycles. The van der Waals surface area contributed by atoms with Gasteiger partial charge in [-0.2, -0.15) is 0 Å². The van der Waals surface area contributed by atoms with Gasteiger partial charge >= 0.3 is 0 Å². The van der Waals surface area contributed by atoms with E-state index in [1.54, 1.807) is 5.56 Å². The van der Waals surface area contributed by atoms with Crippen LogP contribution >= 0.6 is 0 Å². The Morgan fingerprint density at radius 3 is 3.05 bits per heavy atom. The van der Waals surface area contributed by atoms with Gasteiger partial charge in [0.2, 0.25) is 0 Å². The summed E-state index contributed by atoms with van der Waals surface area (Å²) in [6.45, 7) is 6.35. The Kier molecular flexibility index (Phi) is 2.52. The van der Waals surface area contributed by atoms with Crippen LogP contribution in [0.2, 0.25) is 0 Å². The molecule has 98 valence electrons. The minimum Gasteiger partial charge on any atom is -0.357 e. The first-order chi connectivity index (χ1) is 9.36. The molecule has 0 amide bonds. The van der Waals surface area contributed by atoms with Crippen molar-refractivity contribution in [3.8, 4) is 0 Å². The minimum absolute atomic E-state index is 0.604. The van der Waals surface area contributed by atoms with E-state index in [1.807, 2.05) is 0 Å². The summed E-state index contributed by atoms with van der Waals surface area (Å²) in [5.74, 6) is 0.683. The summed E-state index contributed by atoms with van der Waals surface area (Å²) in [5, 5.41) is 1.43. The van der Waals surface area contributed by atoms with Crippen LogP contribution in [0.15, 0.2) is 36.9 Å². The monoisotopic (exact) mass is 252 g/mol. The first kappa shape index (κ1) is 11.3. The molecular weight excluding hydrogens is 232 g/mol. The van der Waals surface area contributed by atoms with E-state index in [9.17, 15) is 0 Å². The number of benzene rings is 1. The van der Waals surface area contributed by atoms with Crippen LogP contribution in [0.25, 0.3) is 10.9 Å². The Morgan fingerprint density at radius 2 is 2.16 bits per heavy atom. The maximum atomic E-state index is 3.97. The molecule has 0 unspecified atom stereocenters. The van der Waals surface area contributed by atoms with Crippen molar-refractivity contribution in [1.29, 1.82) is 0 Å². The second-order valence-corrected chi connectivity index (χ2v) is 5.90. The number of nitrogens with one attached hydrogen (secondary N) is 1. The van der Waals surface area contributed by atoms with Gasteiger partial charge in [-0.1, -0.05) is 24.3 Å². The summed E-state index contributed by atoms with van der Waals surface area (Å²) >= 11 is 0. The van der Waals surface area contributed by atoms with Gasteiger partial charge in [0.15, 0.2) is 0 Å². The van der Waals surface area contributed by atoms with Crippen molar-refractivity contribution in [2.45, 2.75) is 25.3 Å². The molecule has 1 N–H and O–H groups in total. The van der Waals surface area contributed by atoms with Gasteiger partial charge in [-0.15, -0.1) is 6.58 Å². The zero-order valence-corrected chi connectivity index (χ0v) is 11.2. The fourth-order valence-electron chi connectivity index (χ4n) is 3.87. The molecule has 2 heteroatoms. The van der Waals surface area contributed by atoms with Crippen molar-refractivity contribution in [3.05, 3.63) is 48.2 Å². The van der Waals surface area contributed by atoms with Crippen molar-refractivity contribution in [2.75, 3.05) is 13.1 Å². The second kappa shape index (κ2) is 4.24.